The van der Waals surface area contributed by atoms with Crippen LogP contribution in [0.2, 0.25) is 0 Å². The van der Waals surface area contributed by atoms with Crippen molar-refractivity contribution >= 4 is 0 Å². The van der Waals surface area contributed by atoms with Crippen molar-refractivity contribution in [2.24, 2.45) is 0 Å². The molecule has 1 N–H and O–H groups in total. The smallest absolute Gasteiger partial charge is 0.0932 e. The fourth-order valence-corrected chi connectivity index (χ4v) is 3.10. The molecule has 0 radical (unpaired) electrons. The second-order valence-electron chi connectivity index (χ2n) is 5.31. The van der Waals surface area contributed by atoms with Crippen molar-refractivity contribution in [3.63, 3.8) is 0 Å². The second kappa shape index (κ2) is 4.43. The van der Waals surface area contributed by atoms with Crippen LogP contribution >= 0.6 is 0 Å². The van der Waals surface area contributed by atoms with Gasteiger partial charge in [-0.1, -0.05) is 24.3 Å². The molecule has 1 aliphatic heterocycles. The molecule has 0 amide bonds. The largest absolute Gasteiger partial charge is 0.374 e. The number of nitrogens with one attached hydrogen (secondary N) is 1. The molecule has 0 unspecified atom stereocenters. The van der Waals surface area contributed by atoms with E-state index in [0.29, 0.717) is 0 Å². The van der Waals surface area contributed by atoms with Gasteiger partial charge in [0.15, 0.2) is 0 Å². The van der Waals surface area contributed by atoms with Gasteiger partial charge in [0.1, 0.15) is 0 Å². The summed E-state index contributed by atoms with van der Waals surface area (Å²) in [6, 6.07) is 8.91. The number of rotatable bonds is 3. The zero-order valence-electron chi connectivity index (χ0n) is 10.5. The molecule has 1 aliphatic carbocycles. The molecular weight excluding hydrogens is 210 g/mol. The first kappa shape index (κ1) is 11.2. The minimum atomic E-state index is 0.0570. The monoisotopic (exact) mass is 231 g/mol. The highest BCUT2D eigenvalue weighted by molar-refractivity contribution is 5.38. The fraction of sp³-hybridized carbons (Fsp3) is 0.600. The Morgan fingerprint density at radius 3 is 2.53 bits per heavy atom. The summed E-state index contributed by atoms with van der Waals surface area (Å²) in [6.45, 7) is 2.30. The number of methoxy groups -OCH3 is 1. The van der Waals surface area contributed by atoms with Gasteiger partial charge in [-0.3, -0.25) is 0 Å². The molecule has 1 aromatic rings. The van der Waals surface area contributed by atoms with Gasteiger partial charge in [-0.25, -0.2) is 0 Å². The van der Waals surface area contributed by atoms with Crippen molar-refractivity contribution in [3.8, 4) is 0 Å². The minimum Gasteiger partial charge on any atom is -0.374 e. The highest BCUT2D eigenvalue weighted by Crippen LogP contribution is 2.51. The molecule has 2 heteroatoms. The van der Waals surface area contributed by atoms with Crippen LogP contribution < -0.4 is 5.32 Å². The Bertz CT molecular complexity index is 392. The Morgan fingerprint density at radius 2 is 1.88 bits per heavy atom. The van der Waals surface area contributed by atoms with Crippen molar-refractivity contribution < 1.29 is 4.74 Å². The van der Waals surface area contributed by atoms with Crippen LogP contribution in [0.25, 0.3) is 0 Å². The fourth-order valence-electron chi connectivity index (χ4n) is 3.10. The van der Waals surface area contributed by atoms with E-state index >= 15 is 0 Å². The van der Waals surface area contributed by atoms with Crippen molar-refractivity contribution in [2.75, 3.05) is 20.2 Å². The molecule has 2 aliphatic rings. The number of ether oxygens (including phenoxy) is 1. The highest BCUT2D eigenvalue weighted by atomic mass is 16.5. The molecule has 0 bridgehead atoms. The topological polar surface area (TPSA) is 21.3 Å². The van der Waals surface area contributed by atoms with E-state index in [1.165, 1.54) is 36.8 Å². The number of hydrogen-bond donors (Lipinski definition) is 1. The van der Waals surface area contributed by atoms with E-state index in [-0.39, 0.29) is 5.60 Å². The Morgan fingerprint density at radius 1 is 1.18 bits per heavy atom. The average Bonchev–Trinajstić information content (AvgIpc) is 3.21. The third-order valence-corrected chi connectivity index (χ3v) is 4.33. The van der Waals surface area contributed by atoms with Gasteiger partial charge in [0.25, 0.3) is 0 Å². The van der Waals surface area contributed by atoms with E-state index in [0.717, 1.165) is 19.0 Å². The van der Waals surface area contributed by atoms with Crippen molar-refractivity contribution in [2.45, 2.75) is 37.2 Å². The van der Waals surface area contributed by atoms with Crippen LogP contribution in [0.1, 0.15) is 42.7 Å². The lowest BCUT2D eigenvalue weighted by Crippen LogP contribution is -2.28. The van der Waals surface area contributed by atoms with Crippen molar-refractivity contribution in [1.82, 2.24) is 5.32 Å². The maximum atomic E-state index is 5.75. The Labute approximate surface area is 103 Å². The average molecular weight is 231 g/mol. The van der Waals surface area contributed by atoms with Crippen LogP contribution in [0.4, 0.5) is 0 Å². The molecule has 2 nitrogen and oxygen atoms in total. The van der Waals surface area contributed by atoms with Crippen LogP contribution in [0.3, 0.4) is 0 Å². The van der Waals surface area contributed by atoms with E-state index in [9.17, 15) is 0 Å². The van der Waals surface area contributed by atoms with Crippen LogP contribution in [0, 0.1) is 0 Å². The molecule has 2 fully saturated rings. The molecule has 0 atom stereocenters. The van der Waals surface area contributed by atoms with Crippen molar-refractivity contribution in [1.29, 1.82) is 0 Å². The van der Waals surface area contributed by atoms with Crippen LogP contribution in [-0.2, 0) is 10.3 Å². The lowest BCUT2D eigenvalue weighted by atomic mass is 9.85. The third kappa shape index (κ3) is 2.00. The SMILES string of the molecule is COC1(c2ccccc2C2CCNCC2)CC1. The Balaban J connectivity index is 1.93. The van der Waals surface area contributed by atoms with Gasteiger partial charge < -0.3 is 10.1 Å². The predicted octanol–water partition coefficient (Wildman–Crippen LogP) is 2.79. The Kier molecular flexibility index (Phi) is 2.93. The lowest BCUT2D eigenvalue weighted by molar-refractivity contribution is 0.0776. The molecule has 1 aromatic carbocycles. The summed E-state index contributed by atoms with van der Waals surface area (Å²) in [6.07, 6.45) is 4.89. The molecule has 3 rings (SSSR count). The van der Waals surface area contributed by atoms with E-state index < -0.39 is 0 Å². The van der Waals surface area contributed by atoms with Crippen molar-refractivity contribution in [3.05, 3.63) is 35.4 Å². The van der Waals surface area contributed by atoms with Gasteiger partial charge in [-0.05, 0) is 55.8 Å². The van der Waals surface area contributed by atoms with Gasteiger partial charge in [0.05, 0.1) is 5.60 Å². The first-order valence-electron chi connectivity index (χ1n) is 6.71. The van der Waals surface area contributed by atoms with Crippen LogP contribution in [-0.4, -0.2) is 20.2 Å². The van der Waals surface area contributed by atoms with E-state index in [1.54, 1.807) is 0 Å². The Hall–Kier alpha value is -0.860. The maximum absolute atomic E-state index is 5.75. The molecule has 1 saturated heterocycles. The summed E-state index contributed by atoms with van der Waals surface area (Å²) in [7, 11) is 1.85. The molecule has 0 aromatic heterocycles. The molecule has 17 heavy (non-hydrogen) atoms. The van der Waals surface area contributed by atoms with E-state index in [2.05, 4.69) is 29.6 Å². The molecule has 1 saturated carbocycles. The van der Waals surface area contributed by atoms with Crippen LogP contribution in [0.15, 0.2) is 24.3 Å². The summed E-state index contributed by atoms with van der Waals surface area (Å²) in [4.78, 5) is 0. The molecular formula is C15H21NO. The minimum absolute atomic E-state index is 0.0570. The quantitative estimate of drug-likeness (QED) is 0.863. The summed E-state index contributed by atoms with van der Waals surface area (Å²) in [5, 5.41) is 3.44. The second-order valence-corrected chi connectivity index (χ2v) is 5.31. The predicted molar refractivity (Wildman–Crippen MR) is 69.2 cm³/mol. The maximum Gasteiger partial charge on any atom is 0.0932 e. The standard InChI is InChI=1S/C15H21NO/c1-17-15(8-9-15)14-5-3-2-4-13(14)12-6-10-16-11-7-12/h2-5,12,16H,6-11H2,1H3. The highest BCUT2D eigenvalue weighted by Gasteiger charge is 2.46. The zero-order chi connectivity index (χ0) is 11.7. The summed E-state index contributed by atoms with van der Waals surface area (Å²) >= 11 is 0. The number of hydrogen-bond acceptors (Lipinski definition) is 2. The van der Waals surface area contributed by atoms with Crippen LogP contribution in [0.5, 0.6) is 0 Å². The third-order valence-electron chi connectivity index (χ3n) is 4.33. The van der Waals surface area contributed by atoms with Gasteiger partial charge in [-0.2, -0.15) is 0 Å². The first-order chi connectivity index (χ1) is 8.36. The van der Waals surface area contributed by atoms with Gasteiger partial charge in [-0.15, -0.1) is 0 Å². The lowest BCUT2D eigenvalue weighted by Gasteiger charge is -2.27. The zero-order valence-corrected chi connectivity index (χ0v) is 10.5. The van der Waals surface area contributed by atoms with E-state index in [4.69, 9.17) is 4.74 Å². The normalized spacial score (nSPS) is 23.6. The van der Waals surface area contributed by atoms with Gasteiger partial charge in [0.2, 0.25) is 0 Å². The molecule has 1 heterocycles. The number of benzene rings is 1. The number of piperidine rings is 1. The summed E-state index contributed by atoms with van der Waals surface area (Å²) in [5.41, 5.74) is 3.05. The molecule has 92 valence electrons. The first-order valence-corrected chi connectivity index (χ1v) is 6.71. The van der Waals surface area contributed by atoms with Gasteiger partial charge >= 0.3 is 0 Å². The molecule has 0 spiro atoms. The summed E-state index contributed by atoms with van der Waals surface area (Å²) < 4.78 is 5.75. The summed E-state index contributed by atoms with van der Waals surface area (Å²) in [5.74, 6) is 0.722. The van der Waals surface area contributed by atoms with Gasteiger partial charge in [0, 0.05) is 7.11 Å². The van der Waals surface area contributed by atoms with E-state index in [1.807, 2.05) is 7.11 Å².